The first-order valence-electron chi connectivity index (χ1n) is 5.69. The number of thiazole rings is 1. The Kier molecular flexibility index (Phi) is 3.85. The average Bonchev–Trinajstić information content (AvgIpc) is 2.76. The van der Waals surface area contributed by atoms with E-state index in [9.17, 15) is 18.0 Å². The van der Waals surface area contributed by atoms with Crippen molar-refractivity contribution in [3.05, 3.63) is 23.8 Å². The zero-order chi connectivity index (χ0) is 14.9. The van der Waals surface area contributed by atoms with Crippen molar-refractivity contribution in [2.75, 3.05) is 26.0 Å². The summed E-state index contributed by atoms with van der Waals surface area (Å²) >= 11 is 1.21. The van der Waals surface area contributed by atoms with E-state index in [4.69, 9.17) is 0 Å². The molecule has 0 aliphatic heterocycles. The van der Waals surface area contributed by atoms with Crippen LogP contribution in [0.1, 0.15) is 5.56 Å². The number of amides is 1. The zero-order valence-corrected chi connectivity index (χ0v) is 11.6. The molecule has 1 amide bonds. The Labute approximate surface area is 117 Å². The summed E-state index contributed by atoms with van der Waals surface area (Å²) in [5, 5.41) is 3.23. The normalized spacial score (nSPS) is 11.7. The van der Waals surface area contributed by atoms with Crippen LogP contribution in [-0.4, -0.2) is 36.4 Å². The molecule has 20 heavy (non-hydrogen) atoms. The van der Waals surface area contributed by atoms with Crippen molar-refractivity contribution in [3.63, 3.8) is 0 Å². The van der Waals surface area contributed by atoms with Gasteiger partial charge in [-0.3, -0.25) is 4.79 Å². The van der Waals surface area contributed by atoms with Crippen LogP contribution >= 0.6 is 11.3 Å². The highest BCUT2D eigenvalue weighted by Crippen LogP contribution is 2.33. The number of likely N-dealkylation sites (N-methyl/N-ethyl adjacent to an activating group) is 1. The van der Waals surface area contributed by atoms with Gasteiger partial charge in [0.25, 0.3) is 0 Å². The first-order chi connectivity index (χ1) is 9.27. The van der Waals surface area contributed by atoms with Crippen molar-refractivity contribution >= 4 is 32.6 Å². The van der Waals surface area contributed by atoms with Crippen LogP contribution in [0.5, 0.6) is 0 Å². The van der Waals surface area contributed by atoms with Gasteiger partial charge < -0.3 is 10.2 Å². The highest BCUT2D eigenvalue weighted by molar-refractivity contribution is 7.22. The summed E-state index contributed by atoms with van der Waals surface area (Å²) in [6, 6.07) is 3.41. The van der Waals surface area contributed by atoms with Crippen LogP contribution < -0.4 is 5.32 Å². The second kappa shape index (κ2) is 5.28. The van der Waals surface area contributed by atoms with Crippen molar-refractivity contribution in [1.29, 1.82) is 0 Å². The molecule has 2 rings (SSSR count). The van der Waals surface area contributed by atoms with Gasteiger partial charge in [-0.25, -0.2) is 4.98 Å². The van der Waals surface area contributed by atoms with E-state index in [2.05, 4.69) is 10.3 Å². The molecule has 0 spiro atoms. The third kappa shape index (κ3) is 3.19. The van der Waals surface area contributed by atoms with Crippen LogP contribution in [0.25, 0.3) is 10.2 Å². The number of halogens is 3. The maximum absolute atomic E-state index is 12.6. The van der Waals surface area contributed by atoms with Crippen LogP contribution in [0.4, 0.5) is 18.3 Å². The van der Waals surface area contributed by atoms with Crippen LogP contribution in [0.3, 0.4) is 0 Å². The maximum atomic E-state index is 12.6. The Morgan fingerprint density at radius 2 is 2.10 bits per heavy atom. The van der Waals surface area contributed by atoms with Gasteiger partial charge >= 0.3 is 6.18 Å². The third-order valence-corrected chi connectivity index (χ3v) is 3.60. The van der Waals surface area contributed by atoms with Gasteiger partial charge in [0.1, 0.15) is 0 Å². The molecule has 4 nitrogen and oxygen atoms in total. The number of nitrogens with one attached hydrogen (secondary N) is 1. The minimum Gasteiger partial charge on any atom is -0.352 e. The molecule has 1 aromatic carbocycles. The summed E-state index contributed by atoms with van der Waals surface area (Å²) < 4.78 is 38.4. The van der Waals surface area contributed by atoms with Gasteiger partial charge in [-0.05, 0) is 18.2 Å². The zero-order valence-electron chi connectivity index (χ0n) is 10.8. The number of anilines is 1. The van der Waals surface area contributed by atoms with Crippen molar-refractivity contribution in [1.82, 2.24) is 9.88 Å². The first-order valence-corrected chi connectivity index (χ1v) is 6.51. The van der Waals surface area contributed by atoms with Gasteiger partial charge in [0.2, 0.25) is 5.91 Å². The Hall–Kier alpha value is -1.83. The maximum Gasteiger partial charge on any atom is 0.416 e. The van der Waals surface area contributed by atoms with Crippen LogP contribution in [0.15, 0.2) is 18.2 Å². The fraction of sp³-hybridized carbons (Fsp3) is 0.333. The molecule has 0 saturated carbocycles. The Balaban J connectivity index is 2.19. The summed E-state index contributed by atoms with van der Waals surface area (Å²) in [5.74, 6) is -0.139. The quantitative estimate of drug-likeness (QED) is 0.948. The minimum atomic E-state index is -4.38. The summed E-state index contributed by atoms with van der Waals surface area (Å²) in [6.45, 7) is 0.0545. The Bertz CT molecular complexity index is 636. The number of nitrogens with zero attached hydrogens (tertiary/aromatic N) is 2. The fourth-order valence-electron chi connectivity index (χ4n) is 1.49. The van der Waals surface area contributed by atoms with E-state index in [0.29, 0.717) is 9.83 Å². The van der Waals surface area contributed by atoms with Gasteiger partial charge in [-0.1, -0.05) is 11.3 Å². The summed E-state index contributed by atoms with van der Waals surface area (Å²) in [6.07, 6.45) is -4.38. The second-order valence-corrected chi connectivity index (χ2v) is 5.37. The minimum absolute atomic E-state index is 0.0545. The Morgan fingerprint density at radius 3 is 2.70 bits per heavy atom. The van der Waals surface area contributed by atoms with Crippen LogP contribution in [0.2, 0.25) is 0 Å². The van der Waals surface area contributed by atoms with E-state index in [1.165, 1.54) is 22.3 Å². The largest absolute Gasteiger partial charge is 0.416 e. The third-order valence-electron chi connectivity index (χ3n) is 2.60. The molecular weight excluding hydrogens is 291 g/mol. The number of carbonyl (C=O) groups excluding carboxylic acids is 1. The highest BCUT2D eigenvalue weighted by atomic mass is 32.1. The molecule has 0 bridgehead atoms. The van der Waals surface area contributed by atoms with Gasteiger partial charge in [-0.2, -0.15) is 13.2 Å². The van der Waals surface area contributed by atoms with Crippen LogP contribution in [0, 0.1) is 0 Å². The lowest BCUT2D eigenvalue weighted by molar-refractivity contribution is -0.137. The number of benzene rings is 1. The molecule has 2 aromatic rings. The predicted octanol–water partition coefficient (Wildman–Crippen LogP) is 2.82. The smallest absolute Gasteiger partial charge is 0.352 e. The summed E-state index contributed by atoms with van der Waals surface area (Å²) in [7, 11) is 3.25. The molecule has 0 unspecified atom stereocenters. The van der Waals surface area contributed by atoms with Crippen molar-refractivity contribution in [2.24, 2.45) is 0 Å². The lowest BCUT2D eigenvalue weighted by Gasteiger charge is -2.09. The standard InChI is InChI=1S/C12H12F3N3OS/c1-18(2)10(19)6-16-11-17-8-5-7(12(13,14)15)3-4-9(8)20-11/h3-5H,6H2,1-2H3,(H,16,17). The van der Waals surface area contributed by atoms with E-state index < -0.39 is 11.7 Å². The number of aromatic nitrogens is 1. The molecule has 0 aliphatic rings. The molecular formula is C12H12F3N3OS. The van der Waals surface area contributed by atoms with Crippen LogP contribution in [-0.2, 0) is 11.0 Å². The molecule has 1 N–H and O–H groups in total. The number of hydrogen-bond donors (Lipinski definition) is 1. The number of rotatable bonds is 3. The Morgan fingerprint density at radius 1 is 1.40 bits per heavy atom. The molecule has 1 heterocycles. The van der Waals surface area contributed by atoms with Crippen molar-refractivity contribution in [2.45, 2.75) is 6.18 Å². The molecule has 0 radical (unpaired) electrons. The van der Waals surface area contributed by atoms with Gasteiger partial charge in [0.15, 0.2) is 5.13 Å². The molecule has 0 aliphatic carbocycles. The van der Waals surface area contributed by atoms with Gasteiger partial charge in [-0.15, -0.1) is 0 Å². The van der Waals surface area contributed by atoms with E-state index in [0.717, 1.165) is 12.1 Å². The molecule has 0 saturated heterocycles. The highest BCUT2D eigenvalue weighted by Gasteiger charge is 2.30. The van der Waals surface area contributed by atoms with E-state index >= 15 is 0 Å². The number of fused-ring (bicyclic) bond motifs is 1. The molecule has 0 fully saturated rings. The van der Waals surface area contributed by atoms with E-state index in [1.54, 1.807) is 14.1 Å². The summed E-state index contributed by atoms with van der Waals surface area (Å²) in [4.78, 5) is 16.9. The number of hydrogen-bond acceptors (Lipinski definition) is 4. The molecule has 8 heteroatoms. The molecule has 0 atom stereocenters. The number of alkyl halides is 3. The first kappa shape index (κ1) is 14.6. The SMILES string of the molecule is CN(C)C(=O)CNc1nc2cc(C(F)(F)F)ccc2s1. The van der Waals surface area contributed by atoms with Gasteiger partial charge in [0, 0.05) is 14.1 Å². The second-order valence-electron chi connectivity index (χ2n) is 4.34. The topological polar surface area (TPSA) is 45.2 Å². The monoisotopic (exact) mass is 303 g/mol. The van der Waals surface area contributed by atoms with E-state index in [1.807, 2.05) is 0 Å². The average molecular weight is 303 g/mol. The molecule has 108 valence electrons. The number of carbonyl (C=O) groups is 1. The summed E-state index contributed by atoms with van der Waals surface area (Å²) in [5.41, 5.74) is -0.462. The van der Waals surface area contributed by atoms with Gasteiger partial charge in [0.05, 0.1) is 22.3 Å². The van der Waals surface area contributed by atoms with E-state index in [-0.39, 0.29) is 18.0 Å². The fourth-order valence-corrected chi connectivity index (χ4v) is 2.33. The van der Waals surface area contributed by atoms with Crippen molar-refractivity contribution in [3.8, 4) is 0 Å². The lowest BCUT2D eigenvalue weighted by atomic mass is 10.2. The lowest BCUT2D eigenvalue weighted by Crippen LogP contribution is -2.28. The predicted molar refractivity (Wildman–Crippen MR) is 71.8 cm³/mol. The molecule has 1 aromatic heterocycles. The van der Waals surface area contributed by atoms with Crippen molar-refractivity contribution < 1.29 is 18.0 Å².